The monoisotopic (exact) mass is 505 g/mol. The number of nitrogens with one attached hydrogen (secondary N) is 2. The van der Waals surface area contributed by atoms with Crippen LogP contribution in [0.2, 0.25) is 0 Å². The number of aromatic nitrogens is 3. The summed E-state index contributed by atoms with van der Waals surface area (Å²) in [5, 5.41) is 15.7. The van der Waals surface area contributed by atoms with Gasteiger partial charge in [-0.2, -0.15) is 0 Å². The molecule has 1 aliphatic heterocycles. The number of aryl methyl sites for hydroxylation is 1. The lowest BCUT2D eigenvalue weighted by atomic mass is 10.2. The molecule has 1 aromatic heterocycles. The average Bonchev–Trinajstić information content (AvgIpc) is 2.89. The third-order valence-electron chi connectivity index (χ3n) is 5.30. The molecule has 2 heterocycles. The summed E-state index contributed by atoms with van der Waals surface area (Å²) < 4.78 is 2.27. The van der Waals surface area contributed by atoms with Crippen LogP contribution in [0, 0.1) is 0 Å². The molecule has 1 unspecified atom stereocenters. The van der Waals surface area contributed by atoms with E-state index in [0.717, 1.165) is 56.6 Å². The molecule has 7 nitrogen and oxygen atoms in total. The maximum Gasteiger partial charge on any atom is 0.191 e. The number of nitrogens with zero attached hydrogens (tertiary/aromatic N) is 5. The summed E-state index contributed by atoms with van der Waals surface area (Å²) in [6.07, 6.45) is 7.09. The molecule has 2 rings (SSSR count). The molecule has 2 N–H and O–H groups in total. The zero-order chi connectivity index (χ0) is 19.5. The summed E-state index contributed by atoms with van der Waals surface area (Å²) in [5.74, 6) is 2.98. The Morgan fingerprint density at radius 1 is 1.18 bits per heavy atom. The molecular formula is C20H40IN7. The minimum absolute atomic E-state index is 0. The van der Waals surface area contributed by atoms with Crippen molar-refractivity contribution < 1.29 is 0 Å². The van der Waals surface area contributed by atoms with Gasteiger partial charge in [-0.25, -0.2) is 4.99 Å². The van der Waals surface area contributed by atoms with Crippen LogP contribution in [0.4, 0.5) is 0 Å². The maximum atomic E-state index is 4.77. The van der Waals surface area contributed by atoms with Crippen LogP contribution < -0.4 is 10.6 Å². The first-order valence-corrected chi connectivity index (χ1v) is 10.9. The van der Waals surface area contributed by atoms with Crippen LogP contribution in [0.5, 0.6) is 0 Å². The molecule has 0 amide bonds. The van der Waals surface area contributed by atoms with Crippen LogP contribution in [0.25, 0.3) is 0 Å². The lowest BCUT2D eigenvalue weighted by molar-refractivity contribution is 0.292. The van der Waals surface area contributed by atoms with Gasteiger partial charge in [0, 0.05) is 25.6 Å². The highest BCUT2D eigenvalue weighted by Crippen LogP contribution is 2.14. The van der Waals surface area contributed by atoms with Crippen molar-refractivity contribution in [2.45, 2.75) is 85.4 Å². The van der Waals surface area contributed by atoms with Gasteiger partial charge in [-0.15, -0.1) is 34.2 Å². The van der Waals surface area contributed by atoms with Gasteiger partial charge in [0.05, 0.1) is 0 Å². The van der Waals surface area contributed by atoms with Crippen molar-refractivity contribution in [3.8, 4) is 0 Å². The smallest absolute Gasteiger partial charge is 0.191 e. The number of aliphatic imine (C=N–C) groups is 1. The quantitative estimate of drug-likeness (QED) is 0.291. The molecule has 28 heavy (non-hydrogen) atoms. The SMILES string of the molecule is CCNC(=NCc1nnc2n1CCCCC2)NC(C)CCCN(CC)CC.I. The molecule has 0 aromatic carbocycles. The normalized spacial score (nSPS) is 15.5. The Morgan fingerprint density at radius 3 is 2.68 bits per heavy atom. The van der Waals surface area contributed by atoms with Gasteiger partial charge in [0.25, 0.3) is 0 Å². The van der Waals surface area contributed by atoms with E-state index in [1.807, 2.05) is 0 Å². The van der Waals surface area contributed by atoms with Gasteiger partial charge in [0.15, 0.2) is 11.8 Å². The van der Waals surface area contributed by atoms with Crippen molar-refractivity contribution in [3.63, 3.8) is 0 Å². The minimum atomic E-state index is 0. The number of rotatable bonds is 10. The summed E-state index contributed by atoms with van der Waals surface area (Å²) in [7, 11) is 0. The number of fused-ring (bicyclic) bond motifs is 1. The van der Waals surface area contributed by atoms with Crippen molar-refractivity contribution in [3.05, 3.63) is 11.6 Å². The number of hydrogen-bond acceptors (Lipinski definition) is 4. The van der Waals surface area contributed by atoms with Crippen molar-refractivity contribution >= 4 is 29.9 Å². The molecule has 1 atom stereocenters. The highest BCUT2D eigenvalue weighted by Gasteiger charge is 2.14. The second-order valence-corrected chi connectivity index (χ2v) is 7.40. The van der Waals surface area contributed by atoms with Crippen molar-refractivity contribution in [2.24, 2.45) is 4.99 Å². The Labute approximate surface area is 188 Å². The van der Waals surface area contributed by atoms with E-state index in [2.05, 4.69) is 58.0 Å². The van der Waals surface area contributed by atoms with E-state index < -0.39 is 0 Å². The Bertz CT molecular complexity index is 569. The lowest BCUT2D eigenvalue weighted by Gasteiger charge is -2.21. The van der Waals surface area contributed by atoms with E-state index in [0.29, 0.717) is 12.6 Å². The second kappa shape index (κ2) is 14.1. The van der Waals surface area contributed by atoms with Gasteiger partial charge in [-0.05, 0) is 59.2 Å². The summed E-state index contributed by atoms with van der Waals surface area (Å²) >= 11 is 0. The Morgan fingerprint density at radius 2 is 1.96 bits per heavy atom. The molecule has 0 aliphatic carbocycles. The van der Waals surface area contributed by atoms with E-state index in [4.69, 9.17) is 4.99 Å². The minimum Gasteiger partial charge on any atom is -0.357 e. The van der Waals surface area contributed by atoms with Crippen LogP contribution in [0.15, 0.2) is 4.99 Å². The van der Waals surface area contributed by atoms with Gasteiger partial charge in [0.2, 0.25) is 0 Å². The first kappa shape index (κ1) is 25.1. The highest BCUT2D eigenvalue weighted by atomic mass is 127. The van der Waals surface area contributed by atoms with Crippen molar-refractivity contribution in [1.29, 1.82) is 0 Å². The first-order valence-electron chi connectivity index (χ1n) is 10.9. The maximum absolute atomic E-state index is 4.77. The average molecular weight is 505 g/mol. The molecule has 0 spiro atoms. The van der Waals surface area contributed by atoms with Crippen LogP contribution in [0.3, 0.4) is 0 Å². The fraction of sp³-hybridized carbons (Fsp3) is 0.850. The van der Waals surface area contributed by atoms with Gasteiger partial charge >= 0.3 is 0 Å². The predicted octanol–water partition coefficient (Wildman–Crippen LogP) is 3.19. The molecule has 0 fully saturated rings. The lowest BCUT2D eigenvalue weighted by Crippen LogP contribution is -2.42. The van der Waals surface area contributed by atoms with E-state index in [9.17, 15) is 0 Å². The van der Waals surface area contributed by atoms with Crippen LogP contribution >= 0.6 is 24.0 Å². The highest BCUT2D eigenvalue weighted by molar-refractivity contribution is 14.0. The number of hydrogen-bond donors (Lipinski definition) is 2. The zero-order valence-electron chi connectivity index (χ0n) is 18.2. The van der Waals surface area contributed by atoms with Crippen molar-refractivity contribution in [2.75, 3.05) is 26.2 Å². The molecule has 162 valence electrons. The first-order chi connectivity index (χ1) is 13.2. The van der Waals surface area contributed by atoms with Gasteiger partial charge in [-0.1, -0.05) is 20.3 Å². The molecule has 0 saturated carbocycles. The van der Waals surface area contributed by atoms with Gasteiger partial charge in [-0.3, -0.25) is 0 Å². The van der Waals surface area contributed by atoms with E-state index in [1.54, 1.807) is 0 Å². The van der Waals surface area contributed by atoms with Crippen molar-refractivity contribution in [1.82, 2.24) is 30.3 Å². The summed E-state index contributed by atoms with van der Waals surface area (Å²) in [6, 6.07) is 0.397. The Hall–Kier alpha value is -0.900. The van der Waals surface area contributed by atoms with Gasteiger partial charge in [0.1, 0.15) is 12.4 Å². The van der Waals surface area contributed by atoms with E-state index >= 15 is 0 Å². The molecule has 0 bridgehead atoms. The number of guanidine groups is 1. The molecular weight excluding hydrogens is 465 g/mol. The molecule has 0 saturated heterocycles. The zero-order valence-corrected chi connectivity index (χ0v) is 20.5. The third-order valence-corrected chi connectivity index (χ3v) is 5.30. The molecule has 1 aromatic rings. The summed E-state index contributed by atoms with van der Waals surface area (Å²) in [5.41, 5.74) is 0. The van der Waals surface area contributed by atoms with Gasteiger partial charge < -0.3 is 20.1 Å². The summed E-state index contributed by atoms with van der Waals surface area (Å²) in [6.45, 7) is 14.7. The topological polar surface area (TPSA) is 70.4 Å². The molecule has 0 radical (unpaired) electrons. The number of halogens is 1. The second-order valence-electron chi connectivity index (χ2n) is 7.40. The third kappa shape index (κ3) is 8.23. The molecule has 8 heteroatoms. The van der Waals surface area contributed by atoms with Crippen LogP contribution in [-0.2, 0) is 19.5 Å². The van der Waals surface area contributed by atoms with Crippen LogP contribution in [-0.4, -0.2) is 57.8 Å². The van der Waals surface area contributed by atoms with Crippen LogP contribution in [0.1, 0.15) is 71.4 Å². The summed E-state index contributed by atoms with van der Waals surface area (Å²) in [4.78, 5) is 7.25. The largest absolute Gasteiger partial charge is 0.357 e. The predicted molar refractivity (Wildman–Crippen MR) is 127 cm³/mol. The Kier molecular flexibility index (Phi) is 12.7. The standard InChI is InChI=1S/C20H39N7.HI/c1-5-21-20(23-17(4)12-11-14-26(6-2)7-3)22-16-19-25-24-18-13-9-8-10-15-27(18)19;/h17H,5-16H2,1-4H3,(H2,21,22,23);1H. The fourth-order valence-electron chi connectivity index (χ4n) is 3.60. The van der Waals surface area contributed by atoms with E-state index in [-0.39, 0.29) is 24.0 Å². The Balaban J connectivity index is 0.00000392. The van der Waals surface area contributed by atoms with E-state index in [1.165, 1.54) is 32.2 Å². The molecule has 1 aliphatic rings. The fourth-order valence-corrected chi connectivity index (χ4v) is 3.60.